The third-order valence-corrected chi connectivity index (χ3v) is 3.77. The summed E-state index contributed by atoms with van der Waals surface area (Å²) in [5, 5.41) is 11.2. The lowest BCUT2D eigenvalue weighted by Gasteiger charge is -2.15. The van der Waals surface area contributed by atoms with E-state index in [1.165, 1.54) is 0 Å². The molecular formula is C17H17ClO2. The van der Waals surface area contributed by atoms with E-state index >= 15 is 0 Å². The van der Waals surface area contributed by atoms with Crippen molar-refractivity contribution in [1.82, 2.24) is 0 Å². The summed E-state index contributed by atoms with van der Waals surface area (Å²) < 4.78 is 5.77. The minimum atomic E-state index is -0.684. The van der Waals surface area contributed by atoms with Crippen molar-refractivity contribution in [1.29, 1.82) is 0 Å². The second-order valence-corrected chi connectivity index (χ2v) is 5.73. The molecule has 3 heteroatoms. The van der Waals surface area contributed by atoms with Gasteiger partial charge < -0.3 is 9.84 Å². The summed E-state index contributed by atoms with van der Waals surface area (Å²) in [5.74, 6) is 0.823. The van der Waals surface area contributed by atoms with E-state index in [-0.39, 0.29) is 0 Å². The van der Waals surface area contributed by atoms with E-state index in [4.69, 9.17) is 16.3 Å². The average Bonchev–Trinajstić information content (AvgIpc) is 3.25. The molecule has 1 aliphatic rings. The molecule has 104 valence electrons. The first-order chi connectivity index (χ1) is 9.63. The molecule has 0 radical (unpaired) electrons. The predicted octanol–water partition coefficient (Wildman–Crippen LogP) is 4.27. The smallest absolute Gasteiger partial charge is 0.120 e. The lowest BCUT2D eigenvalue weighted by atomic mass is 9.97. The first-order valence-corrected chi connectivity index (χ1v) is 7.22. The number of hydrogen-bond donors (Lipinski definition) is 1. The SMILES string of the molecule is Cc1ccc(Cl)cc1C(O)c1cccc(OC2CC2)c1. The lowest BCUT2D eigenvalue weighted by Crippen LogP contribution is -2.03. The Morgan fingerprint density at radius 1 is 1.20 bits per heavy atom. The van der Waals surface area contributed by atoms with Gasteiger partial charge in [0, 0.05) is 5.02 Å². The zero-order chi connectivity index (χ0) is 14.1. The molecule has 2 nitrogen and oxygen atoms in total. The Hall–Kier alpha value is -1.51. The fraction of sp³-hybridized carbons (Fsp3) is 0.294. The summed E-state index contributed by atoms with van der Waals surface area (Å²) in [6.45, 7) is 1.97. The molecule has 1 unspecified atom stereocenters. The predicted molar refractivity (Wildman–Crippen MR) is 80.3 cm³/mol. The molecule has 3 rings (SSSR count). The zero-order valence-corrected chi connectivity index (χ0v) is 12.1. The first-order valence-electron chi connectivity index (χ1n) is 6.84. The molecule has 1 atom stereocenters. The van der Waals surface area contributed by atoms with Gasteiger partial charge in [0.05, 0.1) is 6.10 Å². The van der Waals surface area contributed by atoms with Crippen molar-refractivity contribution < 1.29 is 9.84 Å². The van der Waals surface area contributed by atoms with Crippen molar-refractivity contribution in [3.63, 3.8) is 0 Å². The molecule has 2 aromatic rings. The van der Waals surface area contributed by atoms with Crippen LogP contribution in [0.5, 0.6) is 5.75 Å². The van der Waals surface area contributed by atoms with E-state index in [0.717, 1.165) is 35.3 Å². The highest BCUT2D eigenvalue weighted by Crippen LogP contribution is 2.31. The number of aryl methyl sites for hydroxylation is 1. The molecule has 1 aliphatic carbocycles. The number of rotatable bonds is 4. The van der Waals surface area contributed by atoms with Crippen LogP contribution in [0.4, 0.5) is 0 Å². The Kier molecular flexibility index (Phi) is 3.68. The van der Waals surface area contributed by atoms with Gasteiger partial charge in [0.25, 0.3) is 0 Å². The number of ether oxygens (including phenoxy) is 1. The van der Waals surface area contributed by atoms with Gasteiger partial charge in [0.2, 0.25) is 0 Å². The van der Waals surface area contributed by atoms with Crippen LogP contribution in [0.25, 0.3) is 0 Å². The molecule has 0 bridgehead atoms. The van der Waals surface area contributed by atoms with Crippen LogP contribution in [-0.2, 0) is 0 Å². The summed E-state index contributed by atoms with van der Waals surface area (Å²) in [4.78, 5) is 0. The largest absolute Gasteiger partial charge is 0.490 e. The van der Waals surface area contributed by atoms with E-state index in [0.29, 0.717) is 11.1 Å². The second-order valence-electron chi connectivity index (χ2n) is 5.29. The van der Waals surface area contributed by atoms with Crippen LogP contribution in [0.2, 0.25) is 5.02 Å². The van der Waals surface area contributed by atoms with Gasteiger partial charge in [-0.15, -0.1) is 0 Å². The molecule has 0 spiro atoms. The lowest BCUT2D eigenvalue weighted by molar-refractivity contribution is 0.218. The summed E-state index contributed by atoms with van der Waals surface area (Å²) in [6, 6.07) is 13.2. The van der Waals surface area contributed by atoms with Crippen LogP contribution < -0.4 is 4.74 Å². The molecule has 0 heterocycles. The average molecular weight is 289 g/mol. The maximum atomic E-state index is 10.6. The number of aliphatic hydroxyl groups is 1. The monoisotopic (exact) mass is 288 g/mol. The van der Waals surface area contributed by atoms with Gasteiger partial charge >= 0.3 is 0 Å². The van der Waals surface area contributed by atoms with Gasteiger partial charge in [-0.1, -0.05) is 29.8 Å². The fourth-order valence-corrected chi connectivity index (χ4v) is 2.40. The topological polar surface area (TPSA) is 29.5 Å². The van der Waals surface area contributed by atoms with Crippen LogP contribution in [0.3, 0.4) is 0 Å². The van der Waals surface area contributed by atoms with Crippen molar-refractivity contribution in [3.05, 3.63) is 64.2 Å². The second kappa shape index (κ2) is 5.47. The number of aliphatic hydroxyl groups excluding tert-OH is 1. The summed E-state index contributed by atoms with van der Waals surface area (Å²) in [5.41, 5.74) is 2.69. The molecular weight excluding hydrogens is 272 g/mol. The molecule has 0 aliphatic heterocycles. The summed E-state index contributed by atoms with van der Waals surface area (Å²) in [7, 11) is 0. The molecule has 0 amide bonds. The van der Waals surface area contributed by atoms with E-state index in [1.807, 2.05) is 49.4 Å². The standard InChI is InChI=1S/C17H17ClO2/c1-11-5-6-13(18)10-16(11)17(19)12-3-2-4-15(9-12)20-14-7-8-14/h2-6,9-10,14,17,19H,7-8H2,1H3. The first kappa shape index (κ1) is 13.5. The van der Waals surface area contributed by atoms with E-state index < -0.39 is 6.10 Å². The van der Waals surface area contributed by atoms with Gasteiger partial charge in [0.15, 0.2) is 0 Å². The van der Waals surface area contributed by atoms with Crippen LogP contribution >= 0.6 is 11.6 Å². The van der Waals surface area contributed by atoms with Crippen molar-refractivity contribution in [3.8, 4) is 5.75 Å². The molecule has 1 fully saturated rings. The molecule has 20 heavy (non-hydrogen) atoms. The third-order valence-electron chi connectivity index (χ3n) is 3.54. The van der Waals surface area contributed by atoms with Crippen molar-refractivity contribution in [2.24, 2.45) is 0 Å². The van der Waals surface area contributed by atoms with Crippen molar-refractivity contribution >= 4 is 11.6 Å². The Morgan fingerprint density at radius 2 is 2.00 bits per heavy atom. The van der Waals surface area contributed by atoms with Gasteiger partial charge in [0.1, 0.15) is 11.9 Å². The van der Waals surface area contributed by atoms with Gasteiger partial charge in [-0.2, -0.15) is 0 Å². The zero-order valence-electron chi connectivity index (χ0n) is 11.3. The molecule has 1 saturated carbocycles. The van der Waals surface area contributed by atoms with Crippen LogP contribution in [0.15, 0.2) is 42.5 Å². The van der Waals surface area contributed by atoms with E-state index in [9.17, 15) is 5.11 Å². The summed E-state index contributed by atoms with van der Waals surface area (Å²) in [6.07, 6.45) is 1.92. The Morgan fingerprint density at radius 3 is 2.75 bits per heavy atom. The van der Waals surface area contributed by atoms with Crippen molar-refractivity contribution in [2.75, 3.05) is 0 Å². The van der Waals surface area contributed by atoms with Crippen LogP contribution in [0.1, 0.15) is 35.6 Å². The minimum absolute atomic E-state index is 0.357. The number of halogens is 1. The third kappa shape index (κ3) is 2.97. The van der Waals surface area contributed by atoms with Gasteiger partial charge in [-0.3, -0.25) is 0 Å². The van der Waals surface area contributed by atoms with Gasteiger partial charge in [-0.25, -0.2) is 0 Å². The number of hydrogen-bond acceptors (Lipinski definition) is 2. The Labute approximate surface area is 124 Å². The maximum Gasteiger partial charge on any atom is 0.120 e. The highest BCUT2D eigenvalue weighted by Gasteiger charge is 2.24. The molecule has 2 aromatic carbocycles. The Bertz CT molecular complexity index is 620. The fourth-order valence-electron chi connectivity index (χ4n) is 2.22. The normalized spacial score (nSPS) is 15.9. The van der Waals surface area contributed by atoms with Crippen LogP contribution in [0, 0.1) is 6.92 Å². The molecule has 0 aromatic heterocycles. The maximum absolute atomic E-state index is 10.6. The number of benzene rings is 2. The van der Waals surface area contributed by atoms with Gasteiger partial charge in [-0.05, 0) is 60.7 Å². The Balaban J connectivity index is 1.88. The van der Waals surface area contributed by atoms with E-state index in [1.54, 1.807) is 0 Å². The van der Waals surface area contributed by atoms with Crippen molar-refractivity contribution in [2.45, 2.75) is 32.0 Å². The highest BCUT2D eigenvalue weighted by atomic mass is 35.5. The minimum Gasteiger partial charge on any atom is -0.490 e. The summed E-state index contributed by atoms with van der Waals surface area (Å²) >= 11 is 6.02. The highest BCUT2D eigenvalue weighted by molar-refractivity contribution is 6.30. The van der Waals surface area contributed by atoms with E-state index in [2.05, 4.69) is 0 Å². The van der Waals surface area contributed by atoms with Crippen LogP contribution in [-0.4, -0.2) is 11.2 Å². The molecule has 1 N–H and O–H groups in total. The molecule has 0 saturated heterocycles. The quantitative estimate of drug-likeness (QED) is 0.910.